The molecule has 0 atom stereocenters. The van der Waals surface area contributed by atoms with Crippen LogP contribution in [0.5, 0.6) is 5.75 Å². The third-order valence-corrected chi connectivity index (χ3v) is 4.42. The van der Waals surface area contributed by atoms with Crippen LogP contribution in [-0.2, 0) is 6.42 Å². The number of rotatable bonds is 4. The number of ether oxygens (including phenoxy) is 1. The maximum Gasteiger partial charge on any atom is 0.349 e. The molecule has 26 heavy (non-hydrogen) atoms. The van der Waals surface area contributed by atoms with Crippen molar-refractivity contribution < 1.29 is 4.74 Å². The van der Waals surface area contributed by atoms with E-state index in [1.807, 2.05) is 18.2 Å². The standard InChI is InChI=1S/C20H18N4O2/c1-13-3-5-14(6-4-13)9-16-8-7-15(10-18(16)26-2)17-11-23-24-19(17)21-12-22-20(24)25/h3-8,10-12H,9H2,1-2H3,(H,21,22,25). The maximum absolute atomic E-state index is 11.8. The number of H-pyrrole nitrogens is 1. The number of aryl methyl sites for hydroxylation is 1. The molecule has 1 N–H and O–H groups in total. The Morgan fingerprint density at radius 3 is 2.73 bits per heavy atom. The first-order chi connectivity index (χ1) is 12.7. The van der Waals surface area contributed by atoms with Crippen LogP contribution in [0, 0.1) is 6.92 Å². The molecule has 0 saturated heterocycles. The van der Waals surface area contributed by atoms with Gasteiger partial charge in [0.25, 0.3) is 0 Å². The van der Waals surface area contributed by atoms with Gasteiger partial charge in [-0.3, -0.25) is 4.98 Å². The SMILES string of the molecule is COc1cc(-c2cnn3c(=O)[nH]cnc23)ccc1Cc1ccc(C)cc1. The van der Waals surface area contributed by atoms with Gasteiger partial charge in [-0.2, -0.15) is 9.61 Å². The van der Waals surface area contributed by atoms with Gasteiger partial charge in [-0.15, -0.1) is 0 Å². The summed E-state index contributed by atoms with van der Waals surface area (Å²) in [6.45, 7) is 2.08. The molecule has 0 bridgehead atoms. The Bertz CT molecular complexity index is 1130. The van der Waals surface area contributed by atoms with Crippen LogP contribution in [0.1, 0.15) is 16.7 Å². The average Bonchev–Trinajstić information content (AvgIpc) is 3.09. The number of nitrogens with one attached hydrogen (secondary N) is 1. The molecule has 0 aliphatic rings. The van der Waals surface area contributed by atoms with Gasteiger partial charge in [0.2, 0.25) is 0 Å². The van der Waals surface area contributed by atoms with Crippen molar-refractivity contribution in [2.75, 3.05) is 7.11 Å². The lowest BCUT2D eigenvalue weighted by atomic mass is 9.99. The highest BCUT2D eigenvalue weighted by Gasteiger charge is 2.12. The number of aromatic amines is 1. The molecule has 2 heterocycles. The van der Waals surface area contributed by atoms with Crippen molar-refractivity contribution in [3.63, 3.8) is 0 Å². The van der Waals surface area contributed by atoms with Crippen LogP contribution >= 0.6 is 0 Å². The summed E-state index contributed by atoms with van der Waals surface area (Å²) in [4.78, 5) is 18.6. The third-order valence-electron chi connectivity index (χ3n) is 4.42. The molecule has 0 saturated carbocycles. The summed E-state index contributed by atoms with van der Waals surface area (Å²) in [5, 5.41) is 4.12. The number of methoxy groups -OCH3 is 1. The van der Waals surface area contributed by atoms with Crippen molar-refractivity contribution >= 4 is 5.65 Å². The second-order valence-electron chi connectivity index (χ2n) is 6.19. The molecule has 0 amide bonds. The van der Waals surface area contributed by atoms with Crippen LogP contribution in [0.3, 0.4) is 0 Å². The normalized spacial score (nSPS) is 11.0. The van der Waals surface area contributed by atoms with Gasteiger partial charge < -0.3 is 4.74 Å². The monoisotopic (exact) mass is 346 g/mol. The largest absolute Gasteiger partial charge is 0.496 e. The highest BCUT2D eigenvalue weighted by Crippen LogP contribution is 2.30. The van der Waals surface area contributed by atoms with Crippen molar-refractivity contribution in [1.82, 2.24) is 19.6 Å². The molecule has 0 radical (unpaired) electrons. The van der Waals surface area contributed by atoms with Crippen LogP contribution in [0.15, 0.2) is 59.8 Å². The van der Waals surface area contributed by atoms with Gasteiger partial charge >= 0.3 is 5.69 Å². The predicted molar refractivity (Wildman–Crippen MR) is 99.6 cm³/mol. The average molecular weight is 346 g/mol. The Kier molecular flexibility index (Phi) is 4.01. The fourth-order valence-electron chi connectivity index (χ4n) is 3.01. The van der Waals surface area contributed by atoms with Gasteiger partial charge in [0.1, 0.15) is 5.75 Å². The van der Waals surface area contributed by atoms with Gasteiger partial charge in [0, 0.05) is 12.0 Å². The zero-order valence-electron chi connectivity index (χ0n) is 14.6. The molecule has 4 aromatic rings. The maximum atomic E-state index is 11.8. The molecular formula is C20H18N4O2. The topological polar surface area (TPSA) is 72.3 Å². The van der Waals surface area contributed by atoms with Gasteiger partial charge in [-0.1, -0.05) is 42.0 Å². The number of hydrogen-bond donors (Lipinski definition) is 1. The Labute approximate surface area is 150 Å². The summed E-state index contributed by atoms with van der Waals surface area (Å²) in [6.07, 6.45) is 3.81. The van der Waals surface area contributed by atoms with Crippen LogP contribution in [0.4, 0.5) is 0 Å². The summed E-state index contributed by atoms with van der Waals surface area (Å²) in [7, 11) is 1.66. The molecular weight excluding hydrogens is 328 g/mol. The minimum Gasteiger partial charge on any atom is -0.496 e. The van der Waals surface area contributed by atoms with E-state index in [2.05, 4.69) is 46.3 Å². The fourth-order valence-corrected chi connectivity index (χ4v) is 3.01. The summed E-state index contributed by atoms with van der Waals surface area (Å²) < 4.78 is 6.85. The quantitative estimate of drug-likeness (QED) is 0.616. The molecule has 4 rings (SSSR count). The van der Waals surface area contributed by atoms with Crippen molar-refractivity contribution in [2.45, 2.75) is 13.3 Å². The van der Waals surface area contributed by atoms with E-state index in [0.29, 0.717) is 5.65 Å². The van der Waals surface area contributed by atoms with Crippen LogP contribution in [-0.4, -0.2) is 26.7 Å². The first kappa shape index (κ1) is 16.1. The number of hydrogen-bond acceptors (Lipinski definition) is 4. The van der Waals surface area contributed by atoms with E-state index >= 15 is 0 Å². The van der Waals surface area contributed by atoms with Crippen LogP contribution in [0.2, 0.25) is 0 Å². The Balaban J connectivity index is 1.73. The van der Waals surface area contributed by atoms with E-state index in [9.17, 15) is 4.79 Å². The number of nitrogens with zero attached hydrogens (tertiary/aromatic N) is 3. The Morgan fingerprint density at radius 1 is 1.15 bits per heavy atom. The van der Waals surface area contributed by atoms with Gasteiger partial charge in [0.15, 0.2) is 5.65 Å². The zero-order chi connectivity index (χ0) is 18.1. The summed E-state index contributed by atoms with van der Waals surface area (Å²) in [5.41, 5.74) is 5.46. The molecule has 0 aliphatic heterocycles. The fraction of sp³-hybridized carbons (Fsp3) is 0.150. The summed E-state index contributed by atoms with van der Waals surface area (Å²) in [6, 6.07) is 14.5. The first-order valence-corrected chi connectivity index (χ1v) is 8.30. The lowest BCUT2D eigenvalue weighted by Crippen LogP contribution is -2.17. The molecule has 0 unspecified atom stereocenters. The Morgan fingerprint density at radius 2 is 1.96 bits per heavy atom. The van der Waals surface area contributed by atoms with Crippen molar-refractivity contribution in [3.8, 4) is 16.9 Å². The number of benzene rings is 2. The highest BCUT2D eigenvalue weighted by atomic mass is 16.5. The van der Waals surface area contributed by atoms with Crippen LogP contribution < -0.4 is 10.4 Å². The van der Waals surface area contributed by atoms with E-state index in [0.717, 1.165) is 28.9 Å². The second kappa shape index (κ2) is 6.48. The molecule has 0 spiro atoms. The third kappa shape index (κ3) is 2.86. The van der Waals surface area contributed by atoms with E-state index < -0.39 is 0 Å². The molecule has 6 nitrogen and oxygen atoms in total. The van der Waals surface area contributed by atoms with Crippen molar-refractivity contribution in [1.29, 1.82) is 0 Å². The van der Waals surface area contributed by atoms with Crippen molar-refractivity contribution in [2.24, 2.45) is 0 Å². The zero-order valence-corrected chi connectivity index (χ0v) is 14.6. The van der Waals surface area contributed by atoms with Gasteiger partial charge in [-0.25, -0.2) is 9.78 Å². The van der Waals surface area contributed by atoms with Gasteiger partial charge in [0.05, 0.1) is 19.6 Å². The minimum absolute atomic E-state index is 0.316. The molecule has 130 valence electrons. The van der Waals surface area contributed by atoms with Crippen LogP contribution in [0.25, 0.3) is 16.8 Å². The number of fused-ring (bicyclic) bond motifs is 1. The minimum atomic E-state index is -0.316. The van der Waals surface area contributed by atoms with E-state index in [-0.39, 0.29) is 5.69 Å². The molecule has 2 aromatic carbocycles. The summed E-state index contributed by atoms with van der Waals surface area (Å²) in [5.74, 6) is 0.798. The number of aromatic nitrogens is 4. The van der Waals surface area contributed by atoms with E-state index in [4.69, 9.17) is 4.74 Å². The Hall–Kier alpha value is -3.41. The lowest BCUT2D eigenvalue weighted by molar-refractivity contribution is 0.411. The second-order valence-corrected chi connectivity index (χ2v) is 6.19. The first-order valence-electron chi connectivity index (χ1n) is 8.30. The predicted octanol–water partition coefficient (Wildman–Crippen LogP) is 2.99. The summed E-state index contributed by atoms with van der Waals surface area (Å²) >= 11 is 0. The van der Waals surface area contributed by atoms with Crippen molar-refractivity contribution in [3.05, 3.63) is 82.2 Å². The molecule has 0 fully saturated rings. The smallest absolute Gasteiger partial charge is 0.349 e. The lowest BCUT2D eigenvalue weighted by Gasteiger charge is -2.11. The van der Waals surface area contributed by atoms with Gasteiger partial charge in [-0.05, 0) is 29.7 Å². The molecule has 6 heteroatoms. The molecule has 0 aliphatic carbocycles. The van der Waals surface area contributed by atoms with E-state index in [1.54, 1.807) is 13.3 Å². The highest BCUT2D eigenvalue weighted by molar-refractivity contribution is 5.77. The molecule has 2 aromatic heterocycles. The van der Waals surface area contributed by atoms with E-state index in [1.165, 1.54) is 22.0 Å².